The SMILES string of the molecule is O=C1ON=C(c2ccc(Cl)c([N+](=O)[O-])c2)/C1=C/c1cccnc1. The first-order valence-corrected chi connectivity index (χ1v) is 6.80. The Bertz CT molecular complexity index is 862. The van der Waals surface area contributed by atoms with Crippen molar-refractivity contribution in [2.75, 3.05) is 0 Å². The van der Waals surface area contributed by atoms with E-state index in [9.17, 15) is 14.9 Å². The Morgan fingerprint density at radius 1 is 1.30 bits per heavy atom. The maximum absolute atomic E-state index is 11.9. The lowest BCUT2D eigenvalue weighted by Gasteiger charge is -2.02. The monoisotopic (exact) mass is 329 g/mol. The molecule has 1 aliphatic heterocycles. The molecule has 0 saturated heterocycles. The molecule has 1 aromatic heterocycles. The summed E-state index contributed by atoms with van der Waals surface area (Å²) in [5.41, 5.74) is 1.17. The van der Waals surface area contributed by atoms with Gasteiger partial charge >= 0.3 is 5.97 Å². The lowest BCUT2D eigenvalue weighted by molar-refractivity contribution is -0.384. The zero-order valence-corrected chi connectivity index (χ0v) is 12.2. The van der Waals surface area contributed by atoms with Crippen LogP contribution >= 0.6 is 11.6 Å². The number of halogens is 1. The summed E-state index contributed by atoms with van der Waals surface area (Å²) in [7, 11) is 0. The van der Waals surface area contributed by atoms with Crippen LogP contribution in [0.3, 0.4) is 0 Å². The van der Waals surface area contributed by atoms with E-state index in [1.54, 1.807) is 30.6 Å². The van der Waals surface area contributed by atoms with Gasteiger partial charge in [-0.2, -0.15) is 0 Å². The van der Waals surface area contributed by atoms with E-state index in [0.717, 1.165) is 0 Å². The van der Waals surface area contributed by atoms with Gasteiger partial charge in [0.25, 0.3) is 5.69 Å². The summed E-state index contributed by atoms with van der Waals surface area (Å²) in [6.07, 6.45) is 4.73. The van der Waals surface area contributed by atoms with Crippen molar-refractivity contribution in [2.24, 2.45) is 5.16 Å². The van der Waals surface area contributed by atoms with E-state index >= 15 is 0 Å². The van der Waals surface area contributed by atoms with Gasteiger partial charge in [-0.1, -0.05) is 28.9 Å². The lowest BCUT2D eigenvalue weighted by atomic mass is 10.0. The van der Waals surface area contributed by atoms with Gasteiger partial charge in [-0.05, 0) is 23.8 Å². The fourth-order valence-corrected chi connectivity index (χ4v) is 2.23. The van der Waals surface area contributed by atoms with Crippen LogP contribution in [0.1, 0.15) is 11.1 Å². The highest BCUT2D eigenvalue weighted by Gasteiger charge is 2.28. The molecule has 0 amide bonds. The number of nitro groups is 1. The van der Waals surface area contributed by atoms with Crippen molar-refractivity contribution in [2.45, 2.75) is 0 Å². The van der Waals surface area contributed by atoms with Gasteiger partial charge in [0.2, 0.25) is 0 Å². The zero-order chi connectivity index (χ0) is 16.4. The van der Waals surface area contributed by atoms with Crippen LogP contribution in [-0.2, 0) is 9.63 Å². The number of oxime groups is 1. The smallest absolute Gasteiger partial charge is 0.312 e. The molecule has 0 aliphatic carbocycles. The highest BCUT2D eigenvalue weighted by molar-refractivity contribution is 6.34. The van der Waals surface area contributed by atoms with Crippen LogP contribution in [0.2, 0.25) is 5.02 Å². The first kappa shape index (κ1) is 14.9. The Labute approximate surface area is 135 Å². The summed E-state index contributed by atoms with van der Waals surface area (Å²) < 4.78 is 0. The molecule has 1 aromatic carbocycles. The number of nitro benzene ring substituents is 1. The fraction of sp³-hybridized carbons (Fsp3) is 0. The minimum Gasteiger partial charge on any atom is -0.312 e. The number of carbonyl (C=O) groups excluding carboxylic acids is 1. The molecule has 0 unspecified atom stereocenters. The number of hydrogen-bond acceptors (Lipinski definition) is 6. The summed E-state index contributed by atoms with van der Waals surface area (Å²) >= 11 is 5.79. The van der Waals surface area contributed by atoms with Gasteiger partial charge in [0, 0.05) is 24.0 Å². The second kappa shape index (κ2) is 5.98. The second-order valence-electron chi connectivity index (χ2n) is 4.59. The van der Waals surface area contributed by atoms with E-state index < -0.39 is 10.9 Å². The van der Waals surface area contributed by atoms with E-state index in [0.29, 0.717) is 11.1 Å². The van der Waals surface area contributed by atoms with Crippen molar-refractivity contribution in [3.63, 3.8) is 0 Å². The topological polar surface area (TPSA) is 94.7 Å². The number of pyridine rings is 1. The fourth-order valence-electron chi connectivity index (χ4n) is 2.05. The van der Waals surface area contributed by atoms with E-state index in [-0.39, 0.29) is 22.0 Å². The first-order valence-electron chi connectivity index (χ1n) is 6.42. The molecule has 0 spiro atoms. The first-order chi connectivity index (χ1) is 11.1. The minimum absolute atomic E-state index is 0.00220. The molecular formula is C15H8ClN3O4. The summed E-state index contributed by atoms with van der Waals surface area (Å²) in [5, 5.41) is 14.7. The summed E-state index contributed by atoms with van der Waals surface area (Å²) in [6.45, 7) is 0. The third-order valence-electron chi connectivity index (χ3n) is 3.11. The number of rotatable bonds is 3. The van der Waals surface area contributed by atoms with Crippen LogP contribution in [0, 0.1) is 10.1 Å². The summed E-state index contributed by atoms with van der Waals surface area (Å²) in [6, 6.07) is 7.64. The highest BCUT2D eigenvalue weighted by atomic mass is 35.5. The van der Waals surface area contributed by atoms with E-state index in [1.807, 2.05) is 0 Å². The Balaban J connectivity index is 2.05. The Morgan fingerprint density at radius 2 is 2.13 bits per heavy atom. The van der Waals surface area contributed by atoms with Crippen LogP contribution in [0.5, 0.6) is 0 Å². The average molecular weight is 330 g/mol. The Hall–Kier alpha value is -3.06. The zero-order valence-electron chi connectivity index (χ0n) is 11.5. The van der Waals surface area contributed by atoms with Crippen LogP contribution in [0.4, 0.5) is 5.69 Å². The highest BCUT2D eigenvalue weighted by Crippen LogP contribution is 2.28. The third-order valence-corrected chi connectivity index (χ3v) is 3.43. The van der Waals surface area contributed by atoms with Gasteiger partial charge < -0.3 is 4.84 Å². The van der Waals surface area contributed by atoms with E-state index in [1.165, 1.54) is 18.2 Å². The molecule has 3 rings (SSSR count). The van der Waals surface area contributed by atoms with E-state index in [4.69, 9.17) is 16.4 Å². The molecule has 0 N–H and O–H groups in total. The van der Waals surface area contributed by atoms with Crippen molar-refractivity contribution in [1.82, 2.24) is 4.98 Å². The number of benzene rings is 1. The number of nitrogens with zero attached hydrogens (tertiary/aromatic N) is 3. The van der Waals surface area contributed by atoms with Crippen molar-refractivity contribution in [1.29, 1.82) is 0 Å². The molecular weight excluding hydrogens is 322 g/mol. The molecule has 0 atom stereocenters. The average Bonchev–Trinajstić information content (AvgIpc) is 2.90. The molecule has 114 valence electrons. The molecule has 8 heteroatoms. The predicted molar refractivity (Wildman–Crippen MR) is 82.9 cm³/mol. The van der Waals surface area contributed by atoms with Gasteiger partial charge in [0.05, 0.1) is 10.5 Å². The minimum atomic E-state index is -0.638. The molecule has 0 radical (unpaired) electrons. The van der Waals surface area contributed by atoms with Gasteiger partial charge in [-0.3, -0.25) is 15.1 Å². The predicted octanol–water partition coefficient (Wildman–Crippen LogP) is 2.99. The number of carbonyl (C=O) groups is 1. The Morgan fingerprint density at radius 3 is 2.83 bits per heavy atom. The number of hydrogen-bond donors (Lipinski definition) is 0. The van der Waals surface area contributed by atoms with Gasteiger partial charge in [0.1, 0.15) is 10.7 Å². The Kier molecular flexibility index (Phi) is 3.86. The molecule has 0 saturated carbocycles. The molecule has 2 heterocycles. The molecule has 0 fully saturated rings. The molecule has 23 heavy (non-hydrogen) atoms. The van der Waals surface area contributed by atoms with Crippen LogP contribution in [0.25, 0.3) is 6.08 Å². The molecule has 7 nitrogen and oxygen atoms in total. The van der Waals surface area contributed by atoms with E-state index in [2.05, 4.69) is 10.1 Å². The maximum atomic E-state index is 11.9. The van der Waals surface area contributed by atoms with Gasteiger partial charge in [-0.15, -0.1) is 0 Å². The summed E-state index contributed by atoms with van der Waals surface area (Å²) in [5.74, 6) is -0.638. The van der Waals surface area contributed by atoms with Crippen molar-refractivity contribution >= 4 is 35.0 Å². The van der Waals surface area contributed by atoms with Crippen LogP contribution in [-0.4, -0.2) is 21.6 Å². The standard InChI is InChI=1S/C15H8ClN3O4/c16-12-4-3-10(7-13(12)19(21)22)14-11(15(20)23-18-14)6-9-2-1-5-17-8-9/h1-8H/b11-6-. The quantitative estimate of drug-likeness (QED) is 0.373. The maximum Gasteiger partial charge on any atom is 0.368 e. The van der Waals surface area contributed by atoms with Crippen molar-refractivity contribution in [3.8, 4) is 0 Å². The molecule has 0 bridgehead atoms. The largest absolute Gasteiger partial charge is 0.368 e. The summed E-state index contributed by atoms with van der Waals surface area (Å²) in [4.78, 5) is 30.9. The van der Waals surface area contributed by atoms with Crippen molar-refractivity contribution in [3.05, 3.63) is 74.6 Å². The van der Waals surface area contributed by atoms with Gasteiger partial charge in [-0.25, -0.2) is 4.79 Å². The third kappa shape index (κ3) is 2.95. The van der Waals surface area contributed by atoms with Crippen LogP contribution < -0.4 is 0 Å². The van der Waals surface area contributed by atoms with Crippen LogP contribution in [0.15, 0.2) is 53.5 Å². The molecule has 2 aromatic rings. The van der Waals surface area contributed by atoms with Crippen molar-refractivity contribution < 1.29 is 14.6 Å². The molecule has 1 aliphatic rings. The lowest BCUT2D eigenvalue weighted by Crippen LogP contribution is -2.07. The number of aromatic nitrogens is 1. The second-order valence-corrected chi connectivity index (χ2v) is 4.99. The normalized spacial score (nSPS) is 15.4. The van der Waals surface area contributed by atoms with Gasteiger partial charge in [0.15, 0.2) is 0 Å².